The smallest absolute Gasteiger partial charge is 0.122 e. The number of rotatable bonds is 4. The first-order valence-electron chi connectivity index (χ1n) is 6.29. The minimum Gasteiger partial charge on any atom is -0.468 e. The summed E-state index contributed by atoms with van der Waals surface area (Å²) in [6.07, 6.45) is 5.69. The molecule has 0 spiro atoms. The zero-order chi connectivity index (χ0) is 12.4. The molecule has 0 aromatic carbocycles. The van der Waals surface area contributed by atoms with Gasteiger partial charge < -0.3 is 14.3 Å². The Kier molecular flexibility index (Phi) is 3.17. The Morgan fingerprint density at radius 2 is 2.39 bits per heavy atom. The van der Waals surface area contributed by atoms with E-state index in [1.807, 2.05) is 25.5 Å². The second kappa shape index (κ2) is 4.96. The van der Waals surface area contributed by atoms with Crippen molar-refractivity contribution in [1.82, 2.24) is 19.8 Å². The van der Waals surface area contributed by atoms with Crippen LogP contribution in [0.3, 0.4) is 0 Å². The Morgan fingerprint density at radius 3 is 3.28 bits per heavy atom. The Balaban J connectivity index is 1.69. The molecule has 0 saturated carbocycles. The summed E-state index contributed by atoms with van der Waals surface area (Å²) >= 11 is 0. The van der Waals surface area contributed by atoms with E-state index in [1.54, 1.807) is 6.26 Å². The third kappa shape index (κ3) is 2.19. The number of nitrogens with zero attached hydrogens (tertiary/aromatic N) is 3. The van der Waals surface area contributed by atoms with Crippen LogP contribution in [-0.4, -0.2) is 28.0 Å². The van der Waals surface area contributed by atoms with Crippen LogP contribution in [0.4, 0.5) is 0 Å². The topological polar surface area (TPSA) is 46.2 Å². The minimum atomic E-state index is 0.855. The van der Waals surface area contributed by atoms with E-state index < -0.39 is 0 Å². The van der Waals surface area contributed by atoms with E-state index in [0.29, 0.717) is 0 Å². The molecular weight excluding hydrogens is 228 g/mol. The van der Waals surface area contributed by atoms with Gasteiger partial charge in [-0.1, -0.05) is 0 Å². The van der Waals surface area contributed by atoms with E-state index in [0.717, 1.165) is 44.3 Å². The second-order valence-electron chi connectivity index (χ2n) is 4.65. The highest BCUT2D eigenvalue weighted by atomic mass is 16.3. The van der Waals surface area contributed by atoms with E-state index >= 15 is 0 Å². The average Bonchev–Trinajstić information content (AvgIpc) is 2.99. The summed E-state index contributed by atoms with van der Waals surface area (Å²) in [5.74, 6) is 2.20. The Bertz CT molecular complexity index is 517. The van der Waals surface area contributed by atoms with Crippen LogP contribution in [0.1, 0.15) is 17.1 Å². The van der Waals surface area contributed by atoms with Crippen molar-refractivity contribution in [2.45, 2.75) is 26.2 Å². The van der Waals surface area contributed by atoms with E-state index in [4.69, 9.17) is 4.42 Å². The van der Waals surface area contributed by atoms with Crippen molar-refractivity contribution in [3.63, 3.8) is 0 Å². The van der Waals surface area contributed by atoms with Crippen molar-refractivity contribution in [1.29, 1.82) is 0 Å². The van der Waals surface area contributed by atoms with Crippen LogP contribution in [-0.2, 0) is 26.2 Å². The van der Waals surface area contributed by atoms with Gasteiger partial charge in [-0.2, -0.15) is 0 Å². The summed E-state index contributed by atoms with van der Waals surface area (Å²) in [4.78, 5) is 6.75. The second-order valence-corrected chi connectivity index (χ2v) is 4.65. The first kappa shape index (κ1) is 11.5. The zero-order valence-electron chi connectivity index (χ0n) is 10.6. The van der Waals surface area contributed by atoms with Crippen LogP contribution in [0.2, 0.25) is 0 Å². The van der Waals surface area contributed by atoms with Gasteiger partial charge in [0.1, 0.15) is 11.6 Å². The maximum Gasteiger partial charge on any atom is 0.122 e. The molecule has 0 radical (unpaired) electrons. The number of hydrogen-bond donors (Lipinski definition) is 1. The SMILES string of the molecule is CNCc1ccoc1CN1CCn2ccnc2C1. The van der Waals surface area contributed by atoms with Gasteiger partial charge in [0.25, 0.3) is 0 Å². The van der Waals surface area contributed by atoms with Crippen molar-refractivity contribution in [2.24, 2.45) is 0 Å². The van der Waals surface area contributed by atoms with Crippen LogP contribution < -0.4 is 5.32 Å². The van der Waals surface area contributed by atoms with Crippen LogP contribution >= 0.6 is 0 Å². The molecule has 0 unspecified atom stereocenters. The molecule has 1 aliphatic heterocycles. The molecule has 5 nitrogen and oxygen atoms in total. The van der Waals surface area contributed by atoms with Gasteiger partial charge in [0.15, 0.2) is 0 Å². The highest BCUT2D eigenvalue weighted by Gasteiger charge is 2.18. The molecule has 0 saturated heterocycles. The highest BCUT2D eigenvalue weighted by Crippen LogP contribution is 2.17. The lowest BCUT2D eigenvalue weighted by molar-refractivity contribution is 0.193. The summed E-state index contributed by atoms with van der Waals surface area (Å²) in [5, 5.41) is 3.16. The lowest BCUT2D eigenvalue weighted by Gasteiger charge is -2.26. The van der Waals surface area contributed by atoms with Gasteiger partial charge in [-0.3, -0.25) is 4.90 Å². The number of fused-ring (bicyclic) bond motifs is 1. The minimum absolute atomic E-state index is 0.855. The summed E-state index contributed by atoms with van der Waals surface area (Å²) in [5.41, 5.74) is 1.24. The number of aromatic nitrogens is 2. The van der Waals surface area contributed by atoms with Crippen LogP contribution in [0.5, 0.6) is 0 Å². The lowest BCUT2D eigenvalue weighted by Crippen LogP contribution is -2.33. The molecule has 5 heteroatoms. The molecule has 0 aliphatic carbocycles. The van der Waals surface area contributed by atoms with Gasteiger partial charge in [-0.05, 0) is 13.1 Å². The molecule has 3 rings (SSSR count). The predicted octanol–water partition coefficient (Wildman–Crippen LogP) is 1.21. The molecule has 2 aromatic rings. The number of hydrogen-bond acceptors (Lipinski definition) is 4. The van der Waals surface area contributed by atoms with Crippen LogP contribution in [0.25, 0.3) is 0 Å². The van der Waals surface area contributed by atoms with Gasteiger partial charge in [0, 0.05) is 37.6 Å². The lowest BCUT2D eigenvalue weighted by atomic mass is 10.2. The van der Waals surface area contributed by atoms with Crippen molar-refractivity contribution in [3.05, 3.63) is 41.9 Å². The van der Waals surface area contributed by atoms with Gasteiger partial charge in [0.2, 0.25) is 0 Å². The monoisotopic (exact) mass is 246 g/mol. The van der Waals surface area contributed by atoms with Crippen molar-refractivity contribution >= 4 is 0 Å². The molecular formula is C13H18N4O. The fraction of sp³-hybridized carbons (Fsp3) is 0.462. The normalized spacial score (nSPS) is 15.8. The van der Waals surface area contributed by atoms with Gasteiger partial charge in [-0.25, -0.2) is 4.98 Å². The summed E-state index contributed by atoms with van der Waals surface area (Å²) in [6, 6.07) is 2.04. The summed E-state index contributed by atoms with van der Waals surface area (Å²) in [7, 11) is 1.95. The van der Waals surface area contributed by atoms with Crippen LogP contribution in [0, 0.1) is 0 Å². The van der Waals surface area contributed by atoms with E-state index in [2.05, 4.69) is 19.8 Å². The quantitative estimate of drug-likeness (QED) is 0.881. The van der Waals surface area contributed by atoms with E-state index in [-0.39, 0.29) is 0 Å². The molecule has 2 aromatic heterocycles. The van der Waals surface area contributed by atoms with Crippen molar-refractivity contribution < 1.29 is 4.42 Å². The molecule has 0 atom stereocenters. The Labute approximate surface area is 106 Å². The van der Waals surface area contributed by atoms with E-state index in [1.165, 1.54) is 5.56 Å². The highest BCUT2D eigenvalue weighted by molar-refractivity contribution is 5.17. The summed E-state index contributed by atoms with van der Waals surface area (Å²) in [6.45, 7) is 4.67. The Hall–Kier alpha value is -1.59. The maximum atomic E-state index is 5.58. The third-order valence-corrected chi connectivity index (χ3v) is 3.40. The van der Waals surface area contributed by atoms with Gasteiger partial charge in [-0.15, -0.1) is 0 Å². The fourth-order valence-electron chi connectivity index (χ4n) is 2.42. The molecule has 0 amide bonds. The maximum absolute atomic E-state index is 5.58. The number of imidazole rings is 1. The molecule has 3 heterocycles. The zero-order valence-corrected chi connectivity index (χ0v) is 10.6. The van der Waals surface area contributed by atoms with Crippen molar-refractivity contribution in [2.75, 3.05) is 13.6 Å². The molecule has 1 N–H and O–H groups in total. The average molecular weight is 246 g/mol. The third-order valence-electron chi connectivity index (χ3n) is 3.40. The molecule has 18 heavy (non-hydrogen) atoms. The molecule has 0 bridgehead atoms. The molecule has 0 fully saturated rings. The number of nitrogens with one attached hydrogen (secondary N) is 1. The fourth-order valence-corrected chi connectivity index (χ4v) is 2.42. The van der Waals surface area contributed by atoms with E-state index in [9.17, 15) is 0 Å². The van der Waals surface area contributed by atoms with Crippen LogP contribution in [0.15, 0.2) is 29.1 Å². The predicted molar refractivity (Wildman–Crippen MR) is 67.8 cm³/mol. The first-order chi connectivity index (χ1) is 8.86. The number of furan rings is 1. The van der Waals surface area contributed by atoms with Gasteiger partial charge in [0.05, 0.1) is 19.4 Å². The first-order valence-corrected chi connectivity index (χ1v) is 6.29. The molecule has 1 aliphatic rings. The molecule has 96 valence electrons. The van der Waals surface area contributed by atoms with Crippen molar-refractivity contribution in [3.8, 4) is 0 Å². The Morgan fingerprint density at radius 1 is 1.44 bits per heavy atom. The van der Waals surface area contributed by atoms with Gasteiger partial charge >= 0.3 is 0 Å². The largest absolute Gasteiger partial charge is 0.468 e. The summed E-state index contributed by atoms with van der Waals surface area (Å²) < 4.78 is 7.80. The standard InChI is InChI=1S/C13H18N4O/c1-14-8-11-2-7-18-12(11)9-16-5-6-17-4-3-15-13(17)10-16/h2-4,7,14H,5-6,8-10H2,1H3.